The molecular formula is C23H27NO2. The number of carbonyl (C=O) groups is 1. The Morgan fingerprint density at radius 3 is 2.35 bits per heavy atom. The maximum Gasteiger partial charge on any atom is 0.335 e. The lowest BCUT2D eigenvalue weighted by molar-refractivity contribution is 0.0697. The summed E-state index contributed by atoms with van der Waals surface area (Å²) < 4.78 is 0. The maximum atomic E-state index is 10.9. The van der Waals surface area contributed by atoms with Crippen LogP contribution in [0.4, 0.5) is 0 Å². The van der Waals surface area contributed by atoms with Crippen molar-refractivity contribution in [3.8, 4) is 0 Å². The van der Waals surface area contributed by atoms with Gasteiger partial charge in [0.1, 0.15) is 0 Å². The second-order valence-electron chi connectivity index (χ2n) is 7.97. The van der Waals surface area contributed by atoms with Crippen LogP contribution in [-0.4, -0.2) is 29.1 Å². The van der Waals surface area contributed by atoms with Gasteiger partial charge in [0, 0.05) is 6.54 Å². The standard InChI is InChI=1S/C23H27NO2/c25-23(26)20-8-6-18(7-9-20)16-24-12-10-17(11-13-24)14-21-15-22(21)19-4-2-1-3-5-19/h1-9,17,21-22H,10-16H2,(H,25,26). The minimum Gasteiger partial charge on any atom is -0.478 e. The predicted molar refractivity (Wildman–Crippen MR) is 103 cm³/mol. The van der Waals surface area contributed by atoms with E-state index in [1.807, 2.05) is 12.1 Å². The molecule has 1 aliphatic heterocycles. The highest BCUT2D eigenvalue weighted by atomic mass is 16.4. The second-order valence-corrected chi connectivity index (χ2v) is 7.97. The molecule has 3 nitrogen and oxygen atoms in total. The van der Waals surface area contributed by atoms with Gasteiger partial charge < -0.3 is 5.11 Å². The molecule has 2 aromatic carbocycles. The van der Waals surface area contributed by atoms with Crippen LogP contribution in [0.2, 0.25) is 0 Å². The number of carboxylic acid groups (broad SMARTS) is 1. The minimum atomic E-state index is -0.855. The van der Waals surface area contributed by atoms with E-state index in [0.717, 1.165) is 37.4 Å². The zero-order chi connectivity index (χ0) is 17.9. The van der Waals surface area contributed by atoms with Crippen molar-refractivity contribution >= 4 is 5.97 Å². The lowest BCUT2D eigenvalue weighted by Crippen LogP contribution is -2.33. The maximum absolute atomic E-state index is 10.9. The van der Waals surface area contributed by atoms with Gasteiger partial charge in [-0.1, -0.05) is 42.5 Å². The van der Waals surface area contributed by atoms with Crippen LogP contribution in [0.25, 0.3) is 0 Å². The molecule has 0 aromatic heterocycles. The summed E-state index contributed by atoms with van der Waals surface area (Å²) in [5, 5.41) is 8.98. The van der Waals surface area contributed by atoms with Gasteiger partial charge in [-0.05, 0) is 79.8 Å². The molecule has 2 fully saturated rings. The van der Waals surface area contributed by atoms with Crippen molar-refractivity contribution in [3.63, 3.8) is 0 Å². The summed E-state index contributed by atoms with van der Waals surface area (Å²) in [5.41, 5.74) is 3.10. The largest absolute Gasteiger partial charge is 0.478 e. The Morgan fingerprint density at radius 2 is 1.69 bits per heavy atom. The average molecular weight is 349 g/mol. The first-order valence-electron chi connectivity index (χ1n) is 9.78. The second kappa shape index (κ2) is 7.63. The SMILES string of the molecule is O=C(O)c1ccc(CN2CCC(CC3CC3c3ccccc3)CC2)cc1. The molecule has 4 rings (SSSR count). The van der Waals surface area contributed by atoms with Crippen molar-refractivity contribution < 1.29 is 9.90 Å². The highest BCUT2D eigenvalue weighted by Gasteiger charge is 2.39. The number of likely N-dealkylation sites (tertiary alicyclic amines) is 1. The predicted octanol–water partition coefficient (Wildman–Crippen LogP) is 4.79. The summed E-state index contributed by atoms with van der Waals surface area (Å²) in [4.78, 5) is 13.4. The lowest BCUT2D eigenvalue weighted by atomic mass is 9.90. The minimum absolute atomic E-state index is 0.366. The molecule has 1 saturated carbocycles. The molecule has 2 unspecified atom stereocenters. The van der Waals surface area contributed by atoms with Crippen LogP contribution < -0.4 is 0 Å². The van der Waals surface area contributed by atoms with Gasteiger partial charge in [0.05, 0.1) is 5.56 Å². The molecule has 2 aliphatic rings. The third-order valence-corrected chi connectivity index (χ3v) is 6.10. The van der Waals surface area contributed by atoms with Crippen molar-refractivity contribution in [1.82, 2.24) is 4.90 Å². The topological polar surface area (TPSA) is 40.5 Å². The molecule has 136 valence electrons. The Labute approximate surface area is 155 Å². The van der Waals surface area contributed by atoms with E-state index in [0.29, 0.717) is 5.56 Å². The first kappa shape index (κ1) is 17.3. The summed E-state index contributed by atoms with van der Waals surface area (Å²) >= 11 is 0. The monoisotopic (exact) mass is 349 g/mol. The number of benzene rings is 2. The fraction of sp³-hybridized carbons (Fsp3) is 0.435. The highest BCUT2D eigenvalue weighted by molar-refractivity contribution is 5.87. The van der Waals surface area contributed by atoms with E-state index in [2.05, 4.69) is 35.2 Å². The number of rotatable bonds is 6. The summed E-state index contributed by atoms with van der Waals surface area (Å²) in [6, 6.07) is 18.3. The Hall–Kier alpha value is -2.13. The fourth-order valence-corrected chi connectivity index (χ4v) is 4.44. The Kier molecular flexibility index (Phi) is 5.07. The Balaban J connectivity index is 1.22. The Bertz CT molecular complexity index is 733. The molecule has 3 heteroatoms. The van der Waals surface area contributed by atoms with Crippen molar-refractivity contribution in [3.05, 3.63) is 71.3 Å². The lowest BCUT2D eigenvalue weighted by Gasteiger charge is -2.32. The van der Waals surface area contributed by atoms with E-state index in [1.165, 1.54) is 36.8 Å². The molecule has 0 amide bonds. The smallest absolute Gasteiger partial charge is 0.335 e. The van der Waals surface area contributed by atoms with Gasteiger partial charge in [-0.15, -0.1) is 0 Å². The number of aromatic carboxylic acids is 1. The van der Waals surface area contributed by atoms with Crippen molar-refractivity contribution in [2.24, 2.45) is 11.8 Å². The van der Waals surface area contributed by atoms with Gasteiger partial charge in [-0.25, -0.2) is 4.79 Å². The van der Waals surface area contributed by atoms with Crippen molar-refractivity contribution in [2.75, 3.05) is 13.1 Å². The van der Waals surface area contributed by atoms with Crippen LogP contribution in [0.1, 0.15) is 53.1 Å². The normalized spacial score (nSPS) is 23.7. The number of nitrogens with zero attached hydrogens (tertiary/aromatic N) is 1. The number of piperidine rings is 1. The zero-order valence-corrected chi connectivity index (χ0v) is 15.2. The van der Waals surface area contributed by atoms with Gasteiger partial charge in [0.25, 0.3) is 0 Å². The van der Waals surface area contributed by atoms with Gasteiger partial charge in [-0.2, -0.15) is 0 Å². The quantitative estimate of drug-likeness (QED) is 0.815. The van der Waals surface area contributed by atoms with E-state index in [1.54, 1.807) is 12.1 Å². The molecule has 1 N–H and O–H groups in total. The molecule has 1 aliphatic carbocycles. The summed E-state index contributed by atoms with van der Waals surface area (Å²) in [5.74, 6) is 1.73. The van der Waals surface area contributed by atoms with Crippen LogP contribution in [0.5, 0.6) is 0 Å². The number of hydrogen-bond donors (Lipinski definition) is 1. The molecule has 2 aromatic rings. The van der Waals surface area contributed by atoms with Gasteiger partial charge in [0.2, 0.25) is 0 Å². The van der Waals surface area contributed by atoms with Crippen LogP contribution in [0.15, 0.2) is 54.6 Å². The van der Waals surface area contributed by atoms with E-state index in [4.69, 9.17) is 5.11 Å². The molecule has 0 radical (unpaired) electrons. The van der Waals surface area contributed by atoms with E-state index in [9.17, 15) is 4.79 Å². The summed E-state index contributed by atoms with van der Waals surface area (Å²) in [7, 11) is 0. The molecule has 1 heterocycles. The van der Waals surface area contributed by atoms with Crippen LogP contribution in [0, 0.1) is 11.8 Å². The third-order valence-electron chi connectivity index (χ3n) is 6.10. The van der Waals surface area contributed by atoms with Gasteiger partial charge >= 0.3 is 5.97 Å². The zero-order valence-electron chi connectivity index (χ0n) is 15.2. The van der Waals surface area contributed by atoms with Gasteiger partial charge in [-0.3, -0.25) is 4.90 Å². The molecule has 1 saturated heterocycles. The molecule has 0 spiro atoms. The van der Waals surface area contributed by atoms with E-state index >= 15 is 0 Å². The molecule has 26 heavy (non-hydrogen) atoms. The third kappa shape index (κ3) is 4.16. The molecule has 2 atom stereocenters. The van der Waals surface area contributed by atoms with E-state index < -0.39 is 5.97 Å². The number of hydrogen-bond acceptors (Lipinski definition) is 2. The first-order chi connectivity index (χ1) is 12.7. The van der Waals surface area contributed by atoms with E-state index in [-0.39, 0.29) is 0 Å². The summed E-state index contributed by atoms with van der Waals surface area (Å²) in [6.45, 7) is 3.25. The molecular weight excluding hydrogens is 322 g/mol. The number of carboxylic acids is 1. The summed E-state index contributed by atoms with van der Waals surface area (Å²) in [6.07, 6.45) is 5.36. The average Bonchev–Trinajstić information content (AvgIpc) is 3.44. The van der Waals surface area contributed by atoms with Crippen molar-refractivity contribution in [1.29, 1.82) is 0 Å². The Morgan fingerprint density at radius 1 is 1.00 bits per heavy atom. The van der Waals surface area contributed by atoms with Crippen molar-refractivity contribution in [2.45, 2.75) is 38.1 Å². The highest BCUT2D eigenvalue weighted by Crippen LogP contribution is 2.51. The van der Waals surface area contributed by atoms with Crippen LogP contribution in [-0.2, 0) is 6.54 Å². The van der Waals surface area contributed by atoms with Gasteiger partial charge in [0.15, 0.2) is 0 Å². The van der Waals surface area contributed by atoms with Crippen LogP contribution >= 0.6 is 0 Å². The fourth-order valence-electron chi connectivity index (χ4n) is 4.44. The first-order valence-corrected chi connectivity index (χ1v) is 9.78. The van der Waals surface area contributed by atoms with Crippen LogP contribution in [0.3, 0.4) is 0 Å². The molecule has 0 bridgehead atoms.